The summed E-state index contributed by atoms with van der Waals surface area (Å²) in [7, 11) is 5.67. The fourth-order valence-corrected chi connectivity index (χ4v) is 2.70. The van der Waals surface area contributed by atoms with Gasteiger partial charge in [-0.1, -0.05) is 30.3 Å². The first kappa shape index (κ1) is 20.5. The van der Waals surface area contributed by atoms with E-state index in [1.165, 1.54) is 11.6 Å². The number of methoxy groups -OCH3 is 1. The van der Waals surface area contributed by atoms with E-state index in [-0.39, 0.29) is 5.91 Å². The molecule has 0 atom stereocenters. The molecule has 27 heavy (non-hydrogen) atoms. The van der Waals surface area contributed by atoms with Gasteiger partial charge >= 0.3 is 0 Å². The van der Waals surface area contributed by atoms with Gasteiger partial charge in [0.05, 0.1) is 13.7 Å². The number of hydrogen-bond donors (Lipinski definition) is 1. The van der Waals surface area contributed by atoms with Crippen molar-refractivity contribution >= 4 is 12.0 Å². The fourth-order valence-electron chi connectivity index (χ4n) is 2.70. The van der Waals surface area contributed by atoms with Crippen molar-refractivity contribution in [1.29, 1.82) is 0 Å². The van der Waals surface area contributed by atoms with Crippen molar-refractivity contribution in [2.24, 2.45) is 0 Å². The molecule has 0 saturated heterocycles. The molecule has 0 aliphatic rings. The van der Waals surface area contributed by atoms with Gasteiger partial charge in [-0.05, 0) is 55.9 Å². The van der Waals surface area contributed by atoms with Crippen LogP contribution in [0.15, 0.2) is 48.5 Å². The molecule has 1 amide bonds. The number of hydrogen-bond acceptors (Lipinski definition) is 4. The Hall–Kier alpha value is -2.79. The summed E-state index contributed by atoms with van der Waals surface area (Å²) < 4.78 is 10.8. The zero-order valence-corrected chi connectivity index (χ0v) is 16.5. The number of carbonyl (C=O) groups is 1. The number of rotatable bonds is 9. The highest BCUT2D eigenvalue weighted by Crippen LogP contribution is 2.28. The van der Waals surface area contributed by atoms with Crippen molar-refractivity contribution in [2.75, 3.05) is 27.8 Å². The standard InChI is InChI=1S/C22H28N2O3/c1-5-27-21-14-17(10-12-20(21)26-4)11-13-22(25)23-15-18-8-6-7-9-19(18)16-24(2)3/h6-14H,5,15-16H2,1-4H3,(H,23,25)/b13-11+. The van der Waals surface area contributed by atoms with Gasteiger partial charge in [0, 0.05) is 19.2 Å². The molecular weight excluding hydrogens is 340 g/mol. The summed E-state index contributed by atoms with van der Waals surface area (Å²) in [6.45, 7) is 3.81. The number of nitrogens with one attached hydrogen (secondary N) is 1. The molecule has 0 aliphatic carbocycles. The molecule has 2 aromatic rings. The lowest BCUT2D eigenvalue weighted by Gasteiger charge is -2.14. The molecule has 0 bridgehead atoms. The second-order valence-electron chi connectivity index (χ2n) is 6.40. The molecule has 5 nitrogen and oxygen atoms in total. The van der Waals surface area contributed by atoms with Crippen LogP contribution in [0.3, 0.4) is 0 Å². The van der Waals surface area contributed by atoms with Crippen LogP contribution in [0.5, 0.6) is 11.5 Å². The maximum absolute atomic E-state index is 12.2. The second-order valence-corrected chi connectivity index (χ2v) is 6.40. The summed E-state index contributed by atoms with van der Waals surface area (Å²) in [6, 6.07) is 13.7. The first-order valence-electron chi connectivity index (χ1n) is 9.01. The van der Waals surface area contributed by atoms with Gasteiger partial charge in [-0.3, -0.25) is 4.79 Å². The molecule has 2 rings (SSSR count). The first-order valence-corrected chi connectivity index (χ1v) is 9.01. The van der Waals surface area contributed by atoms with Crippen molar-refractivity contribution < 1.29 is 14.3 Å². The molecule has 0 aliphatic heterocycles. The maximum Gasteiger partial charge on any atom is 0.244 e. The Labute approximate surface area is 161 Å². The van der Waals surface area contributed by atoms with Crippen LogP contribution in [-0.2, 0) is 17.9 Å². The van der Waals surface area contributed by atoms with Crippen LogP contribution in [0.25, 0.3) is 6.08 Å². The first-order chi connectivity index (χ1) is 13.0. The van der Waals surface area contributed by atoms with E-state index in [9.17, 15) is 4.79 Å². The second kappa shape index (κ2) is 10.4. The highest BCUT2D eigenvalue weighted by molar-refractivity contribution is 5.91. The molecule has 0 spiro atoms. The molecule has 2 aromatic carbocycles. The van der Waals surface area contributed by atoms with Gasteiger partial charge < -0.3 is 19.7 Å². The molecule has 0 fully saturated rings. The molecule has 1 N–H and O–H groups in total. The van der Waals surface area contributed by atoms with Gasteiger partial charge in [-0.25, -0.2) is 0 Å². The average Bonchev–Trinajstić information content (AvgIpc) is 2.65. The Morgan fingerprint density at radius 3 is 2.52 bits per heavy atom. The van der Waals surface area contributed by atoms with Gasteiger partial charge in [0.25, 0.3) is 0 Å². The Balaban J connectivity index is 1.99. The van der Waals surface area contributed by atoms with Crippen molar-refractivity contribution in [2.45, 2.75) is 20.0 Å². The smallest absolute Gasteiger partial charge is 0.244 e. The van der Waals surface area contributed by atoms with E-state index in [2.05, 4.69) is 16.3 Å². The number of amides is 1. The van der Waals surface area contributed by atoms with Crippen LogP contribution in [0.1, 0.15) is 23.6 Å². The van der Waals surface area contributed by atoms with E-state index >= 15 is 0 Å². The van der Waals surface area contributed by atoms with E-state index in [0.717, 1.165) is 17.7 Å². The highest BCUT2D eigenvalue weighted by atomic mass is 16.5. The molecule has 0 unspecified atom stereocenters. The lowest BCUT2D eigenvalue weighted by Crippen LogP contribution is -2.22. The summed E-state index contributed by atoms with van der Waals surface area (Å²) in [5.41, 5.74) is 3.21. The Bertz CT molecular complexity index is 785. The molecule has 0 saturated carbocycles. The van der Waals surface area contributed by atoms with Crippen LogP contribution in [0, 0.1) is 0 Å². The zero-order chi connectivity index (χ0) is 19.6. The third-order valence-corrected chi connectivity index (χ3v) is 3.97. The van der Waals surface area contributed by atoms with Crippen molar-refractivity contribution in [3.8, 4) is 11.5 Å². The maximum atomic E-state index is 12.2. The van der Waals surface area contributed by atoms with Gasteiger partial charge in [0.1, 0.15) is 0 Å². The average molecular weight is 368 g/mol. The molecule has 144 valence electrons. The molecule has 5 heteroatoms. The van der Waals surface area contributed by atoms with Crippen LogP contribution in [0.2, 0.25) is 0 Å². The van der Waals surface area contributed by atoms with Gasteiger partial charge in [0.2, 0.25) is 5.91 Å². The SMILES string of the molecule is CCOc1cc(/C=C/C(=O)NCc2ccccc2CN(C)C)ccc1OC. The van der Waals surface area contributed by atoms with E-state index in [0.29, 0.717) is 24.7 Å². The minimum Gasteiger partial charge on any atom is -0.493 e. The van der Waals surface area contributed by atoms with Crippen molar-refractivity contribution in [1.82, 2.24) is 10.2 Å². The normalized spacial score (nSPS) is 11.0. The number of carbonyl (C=O) groups excluding carboxylic acids is 1. The van der Waals surface area contributed by atoms with Gasteiger partial charge in [-0.15, -0.1) is 0 Å². The summed E-state index contributed by atoms with van der Waals surface area (Å²) >= 11 is 0. The van der Waals surface area contributed by atoms with Crippen molar-refractivity contribution in [3.63, 3.8) is 0 Å². The summed E-state index contributed by atoms with van der Waals surface area (Å²) in [6.07, 6.45) is 3.30. The Kier molecular flexibility index (Phi) is 7.89. The van der Waals surface area contributed by atoms with Crippen LogP contribution in [0.4, 0.5) is 0 Å². The van der Waals surface area contributed by atoms with E-state index in [4.69, 9.17) is 9.47 Å². The lowest BCUT2D eigenvalue weighted by molar-refractivity contribution is -0.116. The van der Waals surface area contributed by atoms with E-state index < -0.39 is 0 Å². The predicted molar refractivity (Wildman–Crippen MR) is 109 cm³/mol. The van der Waals surface area contributed by atoms with Crippen LogP contribution >= 0.6 is 0 Å². The predicted octanol–water partition coefficient (Wildman–Crippen LogP) is 3.49. The topological polar surface area (TPSA) is 50.8 Å². The van der Waals surface area contributed by atoms with Crippen LogP contribution in [-0.4, -0.2) is 38.6 Å². The highest BCUT2D eigenvalue weighted by Gasteiger charge is 2.06. The lowest BCUT2D eigenvalue weighted by atomic mass is 10.1. The summed E-state index contributed by atoms with van der Waals surface area (Å²) in [5.74, 6) is 1.21. The summed E-state index contributed by atoms with van der Waals surface area (Å²) in [4.78, 5) is 14.3. The molecular formula is C22H28N2O3. The quantitative estimate of drug-likeness (QED) is 0.689. The minimum atomic E-state index is -0.136. The van der Waals surface area contributed by atoms with E-state index in [1.54, 1.807) is 13.2 Å². The molecule has 0 aromatic heterocycles. The van der Waals surface area contributed by atoms with E-state index in [1.807, 2.05) is 57.4 Å². The Morgan fingerprint density at radius 1 is 1.11 bits per heavy atom. The number of benzene rings is 2. The van der Waals surface area contributed by atoms with Crippen LogP contribution < -0.4 is 14.8 Å². The number of nitrogens with zero attached hydrogens (tertiary/aromatic N) is 1. The number of ether oxygens (including phenoxy) is 2. The fraction of sp³-hybridized carbons (Fsp3) is 0.318. The zero-order valence-electron chi connectivity index (χ0n) is 16.5. The molecule has 0 radical (unpaired) electrons. The third kappa shape index (κ3) is 6.46. The van der Waals surface area contributed by atoms with Gasteiger partial charge in [0.15, 0.2) is 11.5 Å². The minimum absolute atomic E-state index is 0.136. The summed E-state index contributed by atoms with van der Waals surface area (Å²) in [5, 5.41) is 2.94. The largest absolute Gasteiger partial charge is 0.493 e. The monoisotopic (exact) mass is 368 g/mol. The van der Waals surface area contributed by atoms with Crippen molar-refractivity contribution in [3.05, 3.63) is 65.2 Å². The molecule has 0 heterocycles. The Morgan fingerprint density at radius 2 is 1.85 bits per heavy atom. The van der Waals surface area contributed by atoms with Gasteiger partial charge in [-0.2, -0.15) is 0 Å². The third-order valence-electron chi connectivity index (χ3n) is 3.97.